The highest BCUT2D eigenvalue weighted by molar-refractivity contribution is 5.76. The van der Waals surface area contributed by atoms with Crippen LogP contribution in [0, 0.1) is 0 Å². The van der Waals surface area contributed by atoms with Crippen LogP contribution >= 0.6 is 0 Å². The van der Waals surface area contributed by atoms with Gasteiger partial charge in [0.2, 0.25) is 0 Å². The van der Waals surface area contributed by atoms with E-state index in [2.05, 4.69) is 0 Å². The number of carbonyl (C=O) groups excluding carboxylic acids is 2. The number of nitrogens with two attached hydrogens (primary N) is 1. The zero-order chi connectivity index (χ0) is 20.4. The molecule has 152 valence electrons. The minimum absolute atomic E-state index is 0.119. The van der Waals surface area contributed by atoms with Crippen LogP contribution in [0.15, 0.2) is 18.2 Å². The van der Waals surface area contributed by atoms with Gasteiger partial charge in [0.25, 0.3) is 0 Å². The van der Waals surface area contributed by atoms with Crippen molar-refractivity contribution in [3.05, 3.63) is 23.8 Å². The summed E-state index contributed by atoms with van der Waals surface area (Å²) in [6, 6.07) is 3.22. The number of hydrogen-bond donors (Lipinski definition) is 3. The fourth-order valence-electron chi connectivity index (χ4n) is 2.19. The summed E-state index contributed by atoms with van der Waals surface area (Å²) in [5.74, 6) is -1.21. The Bertz CT molecular complexity index is 620. The fraction of sp³-hybridized carbons (Fsp3) is 0.579. The molecule has 0 aliphatic carbocycles. The van der Waals surface area contributed by atoms with Crippen LogP contribution in [0.1, 0.15) is 45.6 Å². The highest BCUT2D eigenvalue weighted by Crippen LogP contribution is 2.25. The first-order chi connectivity index (χ1) is 12.7. The smallest absolute Gasteiger partial charge is 0.504 e. The molecule has 0 saturated heterocycles. The van der Waals surface area contributed by atoms with Gasteiger partial charge in [-0.25, -0.2) is 4.79 Å². The number of phenols is 2. The standard InChI is InChI=1S/C19H29NO7/c1-4-5-6-9-25-19(24)27-13(3)12(2)26-18(23)15(20)10-14-7-8-16(21)17(22)11-14/h7-8,11-13,15,21-22H,4-6,9-10,20H2,1-3H3/t12-,13+,15-/m0/s1. The summed E-state index contributed by atoms with van der Waals surface area (Å²) in [6.45, 7) is 5.52. The van der Waals surface area contributed by atoms with E-state index in [1.54, 1.807) is 19.9 Å². The molecule has 0 bridgehead atoms. The molecule has 0 aliphatic rings. The maximum atomic E-state index is 12.1. The van der Waals surface area contributed by atoms with Crippen molar-refractivity contribution in [1.29, 1.82) is 0 Å². The molecule has 1 aromatic carbocycles. The number of rotatable bonds is 10. The molecule has 3 atom stereocenters. The van der Waals surface area contributed by atoms with Gasteiger partial charge in [-0.2, -0.15) is 0 Å². The van der Waals surface area contributed by atoms with E-state index in [-0.39, 0.29) is 24.5 Å². The second-order valence-electron chi connectivity index (χ2n) is 6.40. The van der Waals surface area contributed by atoms with Crippen LogP contribution < -0.4 is 5.73 Å². The molecule has 0 saturated carbocycles. The Hall–Kier alpha value is -2.48. The summed E-state index contributed by atoms with van der Waals surface area (Å²) in [7, 11) is 0. The molecular weight excluding hydrogens is 354 g/mol. The van der Waals surface area contributed by atoms with Crippen LogP contribution in [-0.2, 0) is 25.4 Å². The van der Waals surface area contributed by atoms with Crippen molar-refractivity contribution >= 4 is 12.1 Å². The van der Waals surface area contributed by atoms with Crippen LogP contribution in [0.4, 0.5) is 4.79 Å². The fourth-order valence-corrected chi connectivity index (χ4v) is 2.19. The molecule has 1 rings (SSSR count). The first kappa shape index (κ1) is 22.6. The second-order valence-corrected chi connectivity index (χ2v) is 6.40. The van der Waals surface area contributed by atoms with E-state index in [1.807, 2.05) is 6.92 Å². The predicted octanol–water partition coefficient (Wildman–Crippen LogP) is 2.63. The zero-order valence-electron chi connectivity index (χ0n) is 16.0. The molecule has 8 nitrogen and oxygen atoms in total. The predicted molar refractivity (Wildman–Crippen MR) is 98.4 cm³/mol. The number of esters is 1. The van der Waals surface area contributed by atoms with Crippen molar-refractivity contribution in [3.8, 4) is 11.5 Å². The highest BCUT2D eigenvalue weighted by Gasteiger charge is 2.24. The summed E-state index contributed by atoms with van der Waals surface area (Å²) in [5.41, 5.74) is 6.40. The lowest BCUT2D eigenvalue weighted by Gasteiger charge is -2.22. The molecule has 0 spiro atoms. The van der Waals surface area contributed by atoms with E-state index in [0.717, 1.165) is 19.3 Å². The quantitative estimate of drug-likeness (QED) is 0.319. The Kier molecular flexibility index (Phi) is 9.42. The largest absolute Gasteiger partial charge is 0.508 e. The van der Waals surface area contributed by atoms with Gasteiger partial charge in [0, 0.05) is 0 Å². The summed E-state index contributed by atoms with van der Waals surface area (Å²) >= 11 is 0. The Labute approximate surface area is 159 Å². The maximum absolute atomic E-state index is 12.1. The monoisotopic (exact) mass is 383 g/mol. The molecule has 0 radical (unpaired) electrons. The Balaban J connectivity index is 2.42. The Morgan fingerprint density at radius 1 is 1.07 bits per heavy atom. The molecule has 0 fully saturated rings. The molecule has 0 heterocycles. The van der Waals surface area contributed by atoms with Gasteiger partial charge in [0.05, 0.1) is 6.61 Å². The summed E-state index contributed by atoms with van der Waals surface area (Å²) in [5, 5.41) is 18.8. The van der Waals surface area contributed by atoms with Gasteiger partial charge in [-0.1, -0.05) is 25.8 Å². The van der Waals surface area contributed by atoms with Gasteiger partial charge in [-0.15, -0.1) is 0 Å². The average Bonchev–Trinajstić information content (AvgIpc) is 2.61. The Morgan fingerprint density at radius 2 is 1.74 bits per heavy atom. The first-order valence-corrected chi connectivity index (χ1v) is 9.04. The van der Waals surface area contributed by atoms with Crippen molar-refractivity contribution in [2.24, 2.45) is 5.73 Å². The van der Waals surface area contributed by atoms with E-state index in [0.29, 0.717) is 5.56 Å². The Morgan fingerprint density at radius 3 is 2.37 bits per heavy atom. The number of ether oxygens (including phenoxy) is 3. The van der Waals surface area contributed by atoms with E-state index < -0.39 is 30.4 Å². The molecule has 0 unspecified atom stereocenters. The van der Waals surface area contributed by atoms with Crippen molar-refractivity contribution in [1.82, 2.24) is 0 Å². The summed E-state index contributed by atoms with van der Waals surface area (Å²) in [6.07, 6.45) is 0.669. The van der Waals surface area contributed by atoms with Crippen molar-refractivity contribution in [2.75, 3.05) is 6.61 Å². The highest BCUT2D eigenvalue weighted by atomic mass is 16.7. The summed E-state index contributed by atoms with van der Waals surface area (Å²) < 4.78 is 15.3. The van der Waals surface area contributed by atoms with Crippen molar-refractivity contribution in [3.63, 3.8) is 0 Å². The van der Waals surface area contributed by atoms with Crippen LogP contribution in [0.3, 0.4) is 0 Å². The normalized spacial score (nSPS) is 14.1. The minimum Gasteiger partial charge on any atom is -0.504 e. The maximum Gasteiger partial charge on any atom is 0.508 e. The van der Waals surface area contributed by atoms with Gasteiger partial charge in [0.15, 0.2) is 11.5 Å². The molecule has 8 heteroatoms. The molecule has 27 heavy (non-hydrogen) atoms. The lowest BCUT2D eigenvalue weighted by atomic mass is 10.1. The van der Waals surface area contributed by atoms with E-state index in [1.165, 1.54) is 12.1 Å². The number of aromatic hydroxyl groups is 2. The number of phenolic OH excluding ortho intramolecular Hbond substituents is 2. The molecule has 4 N–H and O–H groups in total. The van der Waals surface area contributed by atoms with Crippen molar-refractivity contribution < 1.29 is 34.0 Å². The van der Waals surface area contributed by atoms with Gasteiger partial charge < -0.3 is 30.2 Å². The zero-order valence-corrected chi connectivity index (χ0v) is 16.0. The summed E-state index contributed by atoms with van der Waals surface area (Å²) in [4.78, 5) is 23.7. The van der Waals surface area contributed by atoms with Gasteiger partial charge in [0.1, 0.15) is 18.2 Å². The van der Waals surface area contributed by atoms with Crippen LogP contribution in [-0.4, -0.2) is 47.2 Å². The third-order valence-electron chi connectivity index (χ3n) is 4.01. The molecule has 0 amide bonds. The molecule has 0 aromatic heterocycles. The lowest BCUT2D eigenvalue weighted by molar-refractivity contribution is -0.155. The van der Waals surface area contributed by atoms with E-state index >= 15 is 0 Å². The first-order valence-electron chi connectivity index (χ1n) is 9.04. The van der Waals surface area contributed by atoms with Crippen LogP contribution in [0.25, 0.3) is 0 Å². The molecule has 0 aliphatic heterocycles. The number of hydrogen-bond acceptors (Lipinski definition) is 8. The SMILES string of the molecule is CCCCCOC(=O)O[C@H](C)[C@H](C)OC(=O)[C@@H](N)Cc1ccc(O)c(O)c1. The topological polar surface area (TPSA) is 128 Å². The van der Waals surface area contributed by atoms with E-state index in [9.17, 15) is 19.8 Å². The van der Waals surface area contributed by atoms with E-state index in [4.69, 9.17) is 19.9 Å². The van der Waals surface area contributed by atoms with Gasteiger partial charge >= 0.3 is 12.1 Å². The molecule has 1 aromatic rings. The van der Waals surface area contributed by atoms with Crippen LogP contribution in [0.2, 0.25) is 0 Å². The third kappa shape index (κ3) is 8.17. The minimum atomic E-state index is -0.968. The molecular formula is C19H29NO7. The van der Waals surface area contributed by atoms with Gasteiger partial charge in [-0.05, 0) is 44.4 Å². The number of unbranched alkanes of at least 4 members (excludes halogenated alkanes) is 2. The van der Waals surface area contributed by atoms with Gasteiger partial charge in [-0.3, -0.25) is 4.79 Å². The second kappa shape index (κ2) is 11.3. The third-order valence-corrected chi connectivity index (χ3v) is 4.01. The number of benzene rings is 1. The van der Waals surface area contributed by atoms with Crippen LogP contribution in [0.5, 0.6) is 11.5 Å². The number of carbonyl (C=O) groups is 2. The lowest BCUT2D eigenvalue weighted by Crippen LogP contribution is -2.39. The van der Waals surface area contributed by atoms with Crippen molar-refractivity contribution in [2.45, 2.75) is 64.7 Å². The average molecular weight is 383 g/mol.